The summed E-state index contributed by atoms with van der Waals surface area (Å²) in [5.74, 6) is 5.53. The zero-order valence-electron chi connectivity index (χ0n) is 12.6. The van der Waals surface area contributed by atoms with E-state index in [1.54, 1.807) is 6.07 Å². The zero-order valence-corrected chi connectivity index (χ0v) is 12.6. The molecule has 1 heterocycles. The largest absolute Gasteiger partial charge is 0.395 e. The molecule has 1 saturated heterocycles. The maximum Gasteiger partial charge on any atom is 0.124 e. The van der Waals surface area contributed by atoms with Crippen molar-refractivity contribution in [2.24, 2.45) is 0 Å². The van der Waals surface area contributed by atoms with Crippen LogP contribution in [0.25, 0.3) is 0 Å². The molecule has 2 atom stereocenters. The Kier molecular flexibility index (Phi) is 5.75. The summed E-state index contributed by atoms with van der Waals surface area (Å²) in [6, 6.07) is 5.10. The highest BCUT2D eigenvalue weighted by Crippen LogP contribution is 2.21. The Morgan fingerprint density at radius 1 is 1.48 bits per heavy atom. The first kappa shape index (κ1) is 16.0. The third-order valence-corrected chi connectivity index (χ3v) is 3.85. The third kappa shape index (κ3) is 4.28. The standard InChI is InChI=1S/C17H22FNO2/c1-13-17(8-10-21-13)19(2)12-15-6-7-16(18)11-14(15)5-3-4-9-20/h6-7,11,13,17,20H,4,8-10,12H2,1-2H3. The number of benzene rings is 1. The van der Waals surface area contributed by atoms with Crippen LogP contribution < -0.4 is 0 Å². The summed E-state index contributed by atoms with van der Waals surface area (Å²) in [6.07, 6.45) is 1.64. The van der Waals surface area contributed by atoms with Crippen LogP contribution in [0, 0.1) is 17.7 Å². The fraction of sp³-hybridized carbons (Fsp3) is 0.529. The Hall–Kier alpha value is -1.41. The number of nitrogens with zero attached hydrogens (tertiary/aromatic N) is 1. The number of aliphatic hydroxyl groups is 1. The van der Waals surface area contributed by atoms with Crippen LogP contribution in [0.3, 0.4) is 0 Å². The molecule has 2 rings (SSSR count). The number of likely N-dealkylation sites (N-methyl/N-ethyl adjacent to an activating group) is 1. The minimum absolute atomic E-state index is 0.0223. The second-order valence-electron chi connectivity index (χ2n) is 5.42. The predicted molar refractivity (Wildman–Crippen MR) is 80.3 cm³/mol. The molecule has 3 nitrogen and oxygen atoms in total. The van der Waals surface area contributed by atoms with Gasteiger partial charge in [-0.1, -0.05) is 17.9 Å². The van der Waals surface area contributed by atoms with Crippen molar-refractivity contribution in [2.75, 3.05) is 20.3 Å². The monoisotopic (exact) mass is 291 g/mol. The average Bonchev–Trinajstić information content (AvgIpc) is 2.88. The number of hydrogen-bond donors (Lipinski definition) is 1. The molecule has 1 aromatic carbocycles. The summed E-state index contributed by atoms with van der Waals surface area (Å²) in [5, 5.41) is 8.79. The number of halogens is 1. The minimum atomic E-state index is -0.285. The van der Waals surface area contributed by atoms with E-state index < -0.39 is 0 Å². The molecule has 4 heteroatoms. The fourth-order valence-corrected chi connectivity index (χ4v) is 2.70. The topological polar surface area (TPSA) is 32.7 Å². The number of rotatable bonds is 4. The molecule has 0 amide bonds. The molecule has 21 heavy (non-hydrogen) atoms. The van der Waals surface area contributed by atoms with E-state index in [0.29, 0.717) is 24.6 Å². The van der Waals surface area contributed by atoms with Gasteiger partial charge in [-0.25, -0.2) is 4.39 Å². The van der Waals surface area contributed by atoms with E-state index in [0.717, 1.165) is 18.6 Å². The summed E-state index contributed by atoms with van der Waals surface area (Å²) in [5.41, 5.74) is 1.70. The van der Waals surface area contributed by atoms with E-state index in [1.807, 2.05) is 0 Å². The molecule has 1 aliphatic rings. The lowest BCUT2D eigenvalue weighted by molar-refractivity contribution is 0.0814. The van der Waals surface area contributed by atoms with Gasteiger partial charge in [-0.2, -0.15) is 0 Å². The van der Waals surface area contributed by atoms with Crippen molar-refractivity contribution in [3.05, 3.63) is 35.1 Å². The first-order valence-corrected chi connectivity index (χ1v) is 7.32. The van der Waals surface area contributed by atoms with Crippen LogP contribution in [0.4, 0.5) is 4.39 Å². The summed E-state index contributed by atoms with van der Waals surface area (Å²) >= 11 is 0. The average molecular weight is 291 g/mol. The van der Waals surface area contributed by atoms with Crippen LogP contribution in [0.5, 0.6) is 0 Å². The van der Waals surface area contributed by atoms with Crippen LogP contribution in [0.15, 0.2) is 18.2 Å². The number of hydrogen-bond acceptors (Lipinski definition) is 3. The third-order valence-electron chi connectivity index (χ3n) is 3.85. The van der Waals surface area contributed by atoms with E-state index in [2.05, 4.69) is 30.7 Å². The molecule has 1 aromatic rings. The minimum Gasteiger partial charge on any atom is -0.395 e. The summed E-state index contributed by atoms with van der Waals surface area (Å²) in [4.78, 5) is 2.24. The first-order chi connectivity index (χ1) is 10.1. The molecule has 2 unspecified atom stereocenters. The lowest BCUT2D eigenvalue weighted by atomic mass is 10.0. The van der Waals surface area contributed by atoms with Crippen LogP contribution in [-0.4, -0.2) is 42.4 Å². The van der Waals surface area contributed by atoms with Gasteiger partial charge < -0.3 is 9.84 Å². The van der Waals surface area contributed by atoms with Gasteiger partial charge in [0.05, 0.1) is 12.7 Å². The number of aliphatic hydroxyl groups excluding tert-OH is 1. The Morgan fingerprint density at radius 3 is 2.95 bits per heavy atom. The molecule has 0 aliphatic carbocycles. The molecule has 114 valence electrons. The van der Waals surface area contributed by atoms with Gasteiger partial charge in [-0.15, -0.1) is 0 Å². The highest BCUT2D eigenvalue weighted by molar-refractivity contribution is 5.41. The molecular weight excluding hydrogens is 269 g/mol. The lowest BCUT2D eigenvalue weighted by Gasteiger charge is -2.27. The first-order valence-electron chi connectivity index (χ1n) is 7.32. The van der Waals surface area contributed by atoms with Gasteiger partial charge in [0, 0.05) is 31.2 Å². The highest BCUT2D eigenvalue weighted by atomic mass is 19.1. The van der Waals surface area contributed by atoms with E-state index >= 15 is 0 Å². The molecule has 1 aliphatic heterocycles. The smallest absolute Gasteiger partial charge is 0.124 e. The number of ether oxygens (including phenoxy) is 1. The molecule has 0 aromatic heterocycles. The van der Waals surface area contributed by atoms with Crippen LogP contribution in [0.2, 0.25) is 0 Å². The quantitative estimate of drug-likeness (QED) is 0.863. The molecule has 0 saturated carbocycles. The van der Waals surface area contributed by atoms with Crippen molar-refractivity contribution in [3.8, 4) is 11.8 Å². The molecule has 0 bridgehead atoms. The van der Waals surface area contributed by atoms with Crippen molar-refractivity contribution in [3.63, 3.8) is 0 Å². The Balaban J connectivity index is 2.13. The van der Waals surface area contributed by atoms with E-state index in [1.165, 1.54) is 12.1 Å². The van der Waals surface area contributed by atoms with E-state index in [-0.39, 0.29) is 18.5 Å². The molecule has 0 spiro atoms. The van der Waals surface area contributed by atoms with Crippen molar-refractivity contribution in [2.45, 2.75) is 38.5 Å². The van der Waals surface area contributed by atoms with E-state index in [4.69, 9.17) is 9.84 Å². The second-order valence-corrected chi connectivity index (χ2v) is 5.42. The molecule has 1 fully saturated rings. The normalized spacial score (nSPS) is 21.4. The van der Waals surface area contributed by atoms with Gasteiger partial charge >= 0.3 is 0 Å². The Morgan fingerprint density at radius 2 is 2.29 bits per heavy atom. The second kappa shape index (κ2) is 7.56. The molecule has 0 radical (unpaired) electrons. The van der Waals surface area contributed by atoms with Gasteiger partial charge in [0.15, 0.2) is 0 Å². The Labute approximate surface area is 125 Å². The van der Waals surface area contributed by atoms with Crippen molar-refractivity contribution >= 4 is 0 Å². The maximum atomic E-state index is 13.4. The van der Waals surface area contributed by atoms with E-state index in [9.17, 15) is 4.39 Å². The lowest BCUT2D eigenvalue weighted by Crippen LogP contribution is -2.36. The van der Waals surface area contributed by atoms with Gasteiger partial charge in [-0.3, -0.25) is 4.90 Å². The van der Waals surface area contributed by atoms with Gasteiger partial charge in [0.25, 0.3) is 0 Å². The summed E-state index contributed by atoms with van der Waals surface area (Å²) < 4.78 is 19.0. The van der Waals surface area contributed by atoms with Gasteiger partial charge in [0.1, 0.15) is 5.82 Å². The SMILES string of the molecule is CC1OCCC1N(C)Cc1ccc(F)cc1C#CCCO. The van der Waals surface area contributed by atoms with Crippen molar-refractivity contribution in [1.82, 2.24) is 4.90 Å². The van der Waals surface area contributed by atoms with Crippen LogP contribution >= 0.6 is 0 Å². The summed E-state index contributed by atoms with van der Waals surface area (Å²) in [7, 11) is 2.06. The van der Waals surface area contributed by atoms with Gasteiger partial charge in [-0.05, 0) is 38.1 Å². The van der Waals surface area contributed by atoms with Crippen molar-refractivity contribution in [1.29, 1.82) is 0 Å². The highest BCUT2D eigenvalue weighted by Gasteiger charge is 2.27. The zero-order chi connectivity index (χ0) is 15.2. The van der Waals surface area contributed by atoms with Crippen LogP contribution in [0.1, 0.15) is 30.9 Å². The molecule has 1 N–H and O–H groups in total. The van der Waals surface area contributed by atoms with Gasteiger partial charge in [0.2, 0.25) is 0 Å². The predicted octanol–water partition coefficient (Wildman–Crippen LogP) is 2.17. The van der Waals surface area contributed by atoms with Crippen molar-refractivity contribution < 1.29 is 14.2 Å². The fourth-order valence-electron chi connectivity index (χ4n) is 2.70. The maximum absolute atomic E-state index is 13.4. The molecular formula is C17H22FNO2. The Bertz CT molecular complexity index is 535. The summed E-state index contributed by atoms with van der Waals surface area (Å²) in [6.45, 7) is 3.61. The van der Waals surface area contributed by atoms with Crippen LogP contribution in [-0.2, 0) is 11.3 Å².